The molecule has 0 N–H and O–H groups in total. The molecular formula is C5H8Cl2O2. The van der Waals surface area contributed by atoms with Gasteiger partial charge in [0.2, 0.25) is 4.33 Å². The lowest BCUT2D eigenvalue weighted by molar-refractivity contribution is -0.143. The van der Waals surface area contributed by atoms with Crippen molar-refractivity contribution in [1.29, 1.82) is 0 Å². The Bertz CT molecular complexity index is 106. The molecule has 0 bridgehead atoms. The van der Waals surface area contributed by atoms with Crippen molar-refractivity contribution in [3.63, 3.8) is 0 Å². The fraction of sp³-hybridized carbons (Fsp3) is 0.800. The second-order valence-electron chi connectivity index (χ2n) is 1.61. The van der Waals surface area contributed by atoms with Gasteiger partial charge in [-0.3, -0.25) is 0 Å². The summed E-state index contributed by atoms with van der Waals surface area (Å²) in [5, 5.41) is 0. The number of hydrogen-bond donors (Lipinski definition) is 0. The Balaban J connectivity index is 3.74. The number of carbonyl (C=O) groups excluding carboxylic acids is 1. The average molecular weight is 171 g/mol. The molecule has 0 aliphatic heterocycles. The maximum atomic E-state index is 10.6. The zero-order chi connectivity index (χ0) is 7.49. The number of carbonyl (C=O) groups is 1. The third kappa shape index (κ3) is 3.60. The van der Waals surface area contributed by atoms with Gasteiger partial charge in [-0.15, -0.1) is 0 Å². The molecule has 0 aliphatic carbocycles. The smallest absolute Gasteiger partial charge is 0.342 e. The second-order valence-corrected chi connectivity index (χ2v) is 3.31. The van der Waals surface area contributed by atoms with Gasteiger partial charge in [-0.25, -0.2) is 4.79 Å². The molecule has 0 heterocycles. The highest BCUT2D eigenvalue weighted by molar-refractivity contribution is 6.57. The van der Waals surface area contributed by atoms with Crippen molar-refractivity contribution in [3.05, 3.63) is 0 Å². The molecule has 0 rings (SSSR count). The van der Waals surface area contributed by atoms with Gasteiger partial charge in [0.1, 0.15) is 0 Å². The molecule has 0 unspecified atom stereocenters. The van der Waals surface area contributed by atoms with Gasteiger partial charge in [0.25, 0.3) is 0 Å². The highest BCUT2D eigenvalue weighted by Gasteiger charge is 2.28. The Morgan fingerprint density at radius 1 is 1.67 bits per heavy atom. The van der Waals surface area contributed by atoms with Crippen LogP contribution in [-0.4, -0.2) is 16.9 Å². The van der Waals surface area contributed by atoms with Crippen LogP contribution in [0.25, 0.3) is 0 Å². The zero-order valence-corrected chi connectivity index (χ0v) is 6.79. The molecular weight excluding hydrogens is 163 g/mol. The molecule has 0 aromatic carbocycles. The van der Waals surface area contributed by atoms with Gasteiger partial charge in [-0.2, -0.15) is 0 Å². The SMILES string of the molecule is CCOC(=O)C(C)(Cl)Cl. The minimum absolute atomic E-state index is 0.299. The zero-order valence-electron chi connectivity index (χ0n) is 5.28. The molecule has 0 aromatic rings. The molecule has 54 valence electrons. The number of hydrogen-bond acceptors (Lipinski definition) is 2. The van der Waals surface area contributed by atoms with E-state index in [1.807, 2.05) is 0 Å². The lowest BCUT2D eigenvalue weighted by Crippen LogP contribution is -2.24. The maximum Gasteiger partial charge on any atom is 0.342 e. The normalized spacial score (nSPS) is 11.1. The van der Waals surface area contributed by atoms with Crippen molar-refractivity contribution in [3.8, 4) is 0 Å². The molecule has 2 nitrogen and oxygen atoms in total. The van der Waals surface area contributed by atoms with Crippen LogP contribution in [0.4, 0.5) is 0 Å². The predicted octanol–water partition coefficient (Wildman–Crippen LogP) is 1.74. The Hall–Kier alpha value is 0.0500. The van der Waals surface area contributed by atoms with Gasteiger partial charge in [-0.1, -0.05) is 23.2 Å². The standard InChI is InChI=1S/C5H8Cl2O2/c1-3-9-4(8)5(2,6)7/h3H2,1-2H3. The summed E-state index contributed by atoms with van der Waals surface area (Å²) in [7, 11) is 0. The van der Waals surface area contributed by atoms with E-state index in [0.717, 1.165) is 0 Å². The van der Waals surface area contributed by atoms with Crippen molar-refractivity contribution < 1.29 is 9.53 Å². The summed E-state index contributed by atoms with van der Waals surface area (Å²) < 4.78 is 3.10. The lowest BCUT2D eigenvalue weighted by atomic mass is 10.5. The van der Waals surface area contributed by atoms with E-state index >= 15 is 0 Å². The largest absolute Gasteiger partial charge is 0.464 e. The van der Waals surface area contributed by atoms with Crippen molar-refractivity contribution in [2.75, 3.05) is 6.61 Å². The summed E-state index contributed by atoms with van der Waals surface area (Å²) in [6.45, 7) is 3.36. The first kappa shape index (κ1) is 9.05. The first-order valence-electron chi connectivity index (χ1n) is 2.53. The number of alkyl halides is 2. The van der Waals surface area contributed by atoms with Crippen LogP contribution < -0.4 is 0 Å². The minimum Gasteiger partial charge on any atom is -0.464 e. The number of esters is 1. The van der Waals surface area contributed by atoms with Crippen LogP contribution in [0.15, 0.2) is 0 Å². The molecule has 0 aromatic heterocycles. The Kier molecular flexibility index (Phi) is 3.30. The van der Waals surface area contributed by atoms with E-state index in [1.165, 1.54) is 6.92 Å². The van der Waals surface area contributed by atoms with Gasteiger partial charge in [0, 0.05) is 0 Å². The molecule has 9 heavy (non-hydrogen) atoms. The van der Waals surface area contributed by atoms with Crippen LogP contribution >= 0.6 is 23.2 Å². The first-order valence-corrected chi connectivity index (χ1v) is 3.29. The van der Waals surface area contributed by atoms with E-state index in [9.17, 15) is 4.79 Å². The summed E-state index contributed by atoms with van der Waals surface area (Å²) in [6, 6.07) is 0. The topological polar surface area (TPSA) is 26.3 Å². The van der Waals surface area contributed by atoms with Gasteiger partial charge >= 0.3 is 5.97 Å². The van der Waals surface area contributed by atoms with Gasteiger partial charge in [-0.05, 0) is 13.8 Å². The first-order chi connectivity index (χ1) is 3.98. The van der Waals surface area contributed by atoms with Crippen molar-refractivity contribution in [2.45, 2.75) is 18.2 Å². The molecule has 0 amide bonds. The Morgan fingerprint density at radius 3 is 2.22 bits per heavy atom. The molecule has 0 saturated carbocycles. The van der Waals surface area contributed by atoms with Crippen molar-refractivity contribution in [2.24, 2.45) is 0 Å². The summed E-state index contributed by atoms with van der Waals surface area (Å²) in [6.07, 6.45) is 0. The second kappa shape index (κ2) is 3.28. The van der Waals surface area contributed by atoms with Crippen LogP contribution in [0.5, 0.6) is 0 Å². The fourth-order valence-corrected chi connectivity index (χ4v) is 0.367. The minimum atomic E-state index is -1.41. The third-order valence-corrected chi connectivity index (χ3v) is 0.942. The molecule has 0 saturated heterocycles. The van der Waals surface area contributed by atoms with E-state index in [0.29, 0.717) is 6.61 Å². The van der Waals surface area contributed by atoms with E-state index < -0.39 is 10.3 Å². The Labute approximate surface area is 64.1 Å². The summed E-state index contributed by atoms with van der Waals surface area (Å²) in [5.41, 5.74) is 0. The predicted molar refractivity (Wildman–Crippen MR) is 36.7 cm³/mol. The van der Waals surface area contributed by atoms with Crippen LogP contribution in [0.2, 0.25) is 0 Å². The highest BCUT2D eigenvalue weighted by Crippen LogP contribution is 2.20. The number of halogens is 2. The van der Waals surface area contributed by atoms with Crippen LogP contribution in [0.3, 0.4) is 0 Å². The lowest BCUT2D eigenvalue weighted by Gasteiger charge is -2.09. The summed E-state index contributed by atoms with van der Waals surface area (Å²) in [5.74, 6) is -0.603. The van der Waals surface area contributed by atoms with E-state index in [2.05, 4.69) is 4.74 Å². The van der Waals surface area contributed by atoms with Gasteiger partial charge in [0.15, 0.2) is 0 Å². The quantitative estimate of drug-likeness (QED) is 0.467. The van der Waals surface area contributed by atoms with E-state index in [-0.39, 0.29) is 0 Å². The van der Waals surface area contributed by atoms with Gasteiger partial charge < -0.3 is 4.74 Å². The molecule has 0 radical (unpaired) electrons. The van der Waals surface area contributed by atoms with Crippen LogP contribution in [0, 0.1) is 0 Å². The monoisotopic (exact) mass is 170 g/mol. The fourth-order valence-electron chi connectivity index (χ4n) is 0.258. The maximum absolute atomic E-state index is 10.6. The summed E-state index contributed by atoms with van der Waals surface area (Å²) in [4.78, 5) is 10.6. The molecule has 0 spiro atoms. The van der Waals surface area contributed by atoms with E-state index in [4.69, 9.17) is 23.2 Å². The molecule has 0 aliphatic rings. The van der Waals surface area contributed by atoms with Crippen LogP contribution in [-0.2, 0) is 9.53 Å². The van der Waals surface area contributed by atoms with Crippen molar-refractivity contribution >= 4 is 29.2 Å². The molecule has 0 atom stereocenters. The van der Waals surface area contributed by atoms with Crippen LogP contribution in [0.1, 0.15) is 13.8 Å². The number of rotatable bonds is 2. The third-order valence-electron chi connectivity index (χ3n) is 0.634. The molecule has 4 heteroatoms. The average Bonchev–Trinajstić information content (AvgIpc) is 1.64. The van der Waals surface area contributed by atoms with Crippen molar-refractivity contribution in [1.82, 2.24) is 0 Å². The number of ether oxygens (including phenoxy) is 1. The highest BCUT2D eigenvalue weighted by atomic mass is 35.5. The van der Waals surface area contributed by atoms with Gasteiger partial charge in [0.05, 0.1) is 6.61 Å². The summed E-state index contributed by atoms with van der Waals surface area (Å²) >= 11 is 10.7. The van der Waals surface area contributed by atoms with E-state index in [1.54, 1.807) is 6.92 Å². The Morgan fingerprint density at radius 2 is 2.11 bits per heavy atom. The molecule has 0 fully saturated rings.